The van der Waals surface area contributed by atoms with Gasteiger partial charge in [-0.2, -0.15) is 0 Å². The summed E-state index contributed by atoms with van der Waals surface area (Å²) in [4.78, 5) is 1.14. The van der Waals surface area contributed by atoms with Crippen molar-refractivity contribution in [3.63, 3.8) is 0 Å². The number of rotatable bonds is 3. The fraction of sp³-hybridized carbons (Fsp3) is 0.538. The summed E-state index contributed by atoms with van der Waals surface area (Å²) in [6.07, 6.45) is 0.800. The van der Waals surface area contributed by atoms with Crippen molar-refractivity contribution in [2.24, 2.45) is 0 Å². The van der Waals surface area contributed by atoms with Crippen LogP contribution in [0.3, 0.4) is 0 Å². The molecule has 1 fully saturated rings. The summed E-state index contributed by atoms with van der Waals surface area (Å²) in [7, 11) is 1.67. The van der Waals surface area contributed by atoms with Gasteiger partial charge in [0.05, 0.1) is 18.0 Å². The summed E-state index contributed by atoms with van der Waals surface area (Å²) < 4.78 is 5.20. The van der Waals surface area contributed by atoms with Gasteiger partial charge < -0.3 is 15.2 Å². The number of aliphatic hydroxyl groups is 1. The summed E-state index contributed by atoms with van der Waals surface area (Å²) in [6.45, 7) is 3.66. The van der Waals surface area contributed by atoms with Gasteiger partial charge in [0.15, 0.2) is 0 Å². The molecule has 3 nitrogen and oxygen atoms in total. The molecule has 1 aliphatic rings. The number of ether oxygens (including phenoxy) is 1. The lowest BCUT2D eigenvalue weighted by Crippen LogP contribution is -2.50. The molecule has 0 aromatic heterocycles. The Hall–Kier alpha value is -0.710. The molecule has 2 N–H and O–H groups in total. The van der Waals surface area contributed by atoms with E-state index in [9.17, 15) is 5.11 Å². The van der Waals surface area contributed by atoms with Crippen LogP contribution in [0.2, 0.25) is 0 Å². The van der Waals surface area contributed by atoms with Crippen LogP contribution >= 0.6 is 11.8 Å². The van der Waals surface area contributed by atoms with Gasteiger partial charge in [-0.15, -0.1) is 11.8 Å². The molecule has 0 spiro atoms. The van der Waals surface area contributed by atoms with Gasteiger partial charge >= 0.3 is 0 Å². The zero-order valence-electron chi connectivity index (χ0n) is 10.3. The van der Waals surface area contributed by atoms with Gasteiger partial charge in [0, 0.05) is 11.4 Å². The van der Waals surface area contributed by atoms with E-state index in [1.54, 1.807) is 18.9 Å². The van der Waals surface area contributed by atoms with E-state index in [1.165, 1.54) is 0 Å². The van der Waals surface area contributed by atoms with E-state index in [2.05, 4.69) is 11.4 Å². The Kier molecular flexibility index (Phi) is 3.97. The van der Waals surface area contributed by atoms with Gasteiger partial charge in [-0.3, -0.25) is 0 Å². The van der Waals surface area contributed by atoms with Crippen molar-refractivity contribution in [1.82, 2.24) is 5.32 Å². The molecule has 0 bridgehead atoms. The third kappa shape index (κ3) is 3.15. The van der Waals surface area contributed by atoms with Crippen molar-refractivity contribution in [1.29, 1.82) is 0 Å². The molecule has 2 atom stereocenters. The first kappa shape index (κ1) is 12.7. The monoisotopic (exact) mass is 253 g/mol. The SMILES string of the molecule is COc1cccc(SC2CNCCC2(C)O)c1. The minimum absolute atomic E-state index is 0.184. The molecule has 94 valence electrons. The highest BCUT2D eigenvalue weighted by Crippen LogP contribution is 2.34. The fourth-order valence-electron chi connectivity index (χ4n) is 1.96. The topological polar surface area (TPSA) is 41.5 Å². The van der Waals surface area contributed by atoms with E-state index in [1.807, 2.05) is 25.1 Å². The van der Waals surface area contributed by atoms with Gasteiger partial charge in [-0.25, -0.2) is 0 Å². The van der Waals surface area contributed by atoms with Gasteiger partial charge in [0.25, 0.3) is 0 Å². The van der Waals surface area contributed by atoms with Gasteiger partial charge in [-0.05, 0) is 38.1 Å². The molecule has 4 heteroatoms. The van der Waals surface area contributed by atoms with E-state index < -0.39 is 5.60 Å². The second-order valence-corrected chi connectivity index (χ2v) is 5.87. The maximum Gasteiger partial charge on any atom is 0.119 e. The molecule has 1 aliphatic heterocycles. The Bertz CT molecular complexity index is 381. The van der Waals surface area contributed by atoms with Gasteiger partial charge in [0.1, 0.15) is 5.75 Å². The number of hydrogen-bond acceptors (Lipinski definition) is 4. The summed E-state index contributed by atoms with van der Waals surface area (Å²) in [5, 5.41) is 13.8. The third-order valence-corrected chi connectivity index (χ3v) is 4.64. The molecule has 17 heavy (non-hydrogen) atoms. The minimum Gasteiger partial charge on any atom is -0.497 e. The van der Waals surface area contributed by atoms with E-state index in [-0.39, 0.29) is 5.25 Å². The lowest BCUT2D eigenvalue weighted by molar-refractivity contribution is 0.0355. The molecular weight excluding hydrogens is 234 g/mol. The van der Waals surface area contributed by atoms with Crippen LogP contribution in [0.15, 0.2) is 29.2 Å². The standard InChI is InChI=1S/C13H19NO2S/c1-13(15)6-7-14-9-12(13)17-11-5-3-4-10(8-11)16-2/h3-5,8,12,14-15H,6-7,9H2,1-2H3. The van der Waals surface area contributed by atoms with Crippen LogP contribution in [-0.2, 0) is 0 Å². The first-order chi connectivity index (χ1) is 8.12. The number of thioether (sulfide) groups is 1. The Balaban J connectivity index is 2.08. The molecule has 0 aliphatic carbocycles. The number of nitrogens with one attached hydrogen (secondary N) is 1. The van der Waals surface area contributed by atoms with Crippen LogP contribution in [0.4, 0.5) is 0 Å². The third-order valence-electron chi connectivity index (χ3n) is 3.15. The van der Waals surface area contributed by atoms with E-state index in [4.69, 9.17) is 4.74 Å². The largest absolute Gasteiger partial charge is 0.497 e. The number of piperidine rings is 1. The number of hydrogen-bond donors (Lipinski definition) is 2. The number of methoxy groups -OCH3 is 1. The lowest BCUT2D eigenvalue weighted by Gasteiger charge is -2.37. The molecule has 0 radical (unpaired) electrons. The summed E-state index contributed by atoms with van der Waals surface area (Å²) >= 11 is 1.71. The van der Waals surface area contributed by atoms with E-state index in [0.29, 0.717) is 0 Å². The molecule has 2 unspecified atom stereocenters. The molecule has 1 heterocycles. The predicted octanol–water partition coefficient (Wildman–Crippen LogP) is 1.90. The summed E-state index contributed by atoms with van der Waals surface area (Å²) in [5.41, 5.74) is -0.598. The van der Waals surface area contributed by atoms with Crippen molar-refractivity contribution in [2.45, 2.75) is 29.1 Å². The van der Waals surface area contributed by atoms with Crippen LogP contribution in [0.5, 0.6) is 5.75 Å². The minimum atomic E-state index is -0.598. The zero-order chi connectivity index (χ0) is 12.3. The molecule has 0 saturated carbocycles. The van der Waals surface area contributed by atoms with Crippen molar-refractivity contribution in [3.8, 4) is 5.75 Å². The highest BCUT2D eigenvalue weighted by atomic mass is 32.2. The summed E-state index contributed by atoms with van der Waals surface area (Å²) in [6, 6.07) is 7.97. The average Bonchev–Trinajstić information content (AvgIpc) is 2.32. The Morgan fingerprint density at radius 2 is 2.35 bits per heavy atom. The average molecular weight is 253 g/mol. The van der Waals surface area contributed by atoms with Crippen LogP contribution in [0.25, 0.3) is 0 Å². The lowest BCUT2D eigenvalue weighted by atomic mass is 9.94. The first-order valence-corrected chi connectivity index (χ1v) is 6.73. The maximum atomic E-state index is 10.3. The Labute approximate surface area is 107 Å². The zero-order valence-corrected chi connectivity index (χ0v) is 11.1. The van der Waals surface area contributed by atoms with Crippen molar-refractivity contribution in [3.05, 3.63) is 24.3 Å². The molecule has 2 rings (SSSR count). The molecule has 1 aromatic carbocycles. The fourth-order valence-corrected chi connectivity index (χ4v) is 3.21. The second-order valence-electron chi connectivity index (χ2n) is 4.60. The summed E-state index contributed by atoms with van der Waals surface area (Å²) in [5.74, 6) is 0.860. The highest BCUT2D eigenvalue weighted by molar-refractivity contribution is 8.00. The molecule has 1 saturated heterocycles. The predicted molar refractivity (Wildman–Crippen MR) is 70.7 cm³/mol. The van der Waals surface area contributed by atoms with Crippen molar-refractivity contribution in [2.75, 3.05) is 20.2 Å². The first-order valence-electron chi connectivity index (χ1n) is 5.85. The number of benzene rings is 1. The van der Waals surface area contributed by atoms with Crippen molar-refractivity contribution < 1.29 is 9.84 Å². The Morgan fingerprint density at radius 3 is 3.06 bits per heavy atom. The molecule has 0 amide bonds. The van der Waals surface area contributed by atoms with E-state index in [0.717, 1.165) is 30.2 Å². The van der Waals surface area contributed by atoms with Crippen LogP contribution in [0.1, 0.15) is 13.3 Å². The Morgan fingerprint density at radius 1 is 1.53 bits per heavy atom. The molecule has 1 aromatic rings. The van der Waals surface area contributed by atoms with Crippen LogP contribution in [-0.4, -0.2) is 36.2 Å². The normalized spacial score (nSPS) is 29.0. The van der Waals surface area contributed by atoms with Crippen LogP contribution < -0.4 is 10.1 Å². The van der Waals surface area contributed by atoms with Gasteiger partial charge in [0.2, 0.25) is 0 Å². The molecular formula is C13H19NO2S. The second kappa shape index (κ2) is 5.29. The highest BCUT2D eigenvalue weighted by Gasteiger charge is 2.34. The van der Waals surface area contributed by atoms with Gasteiger partial charge in [-0.1, -0.05) is 6.07 Å². The van der Waals surface area contributed by atoms with E-state index >= 15 is 0 Å². The maximum absolute atomic E-state index is 10.3. The van der Waals surface area contributed by atoms with Crippen molar-refractivity contribution >= 4 is 11.8 Å². The van der Waals surface area contributed by atoms with Crippen LogP contribution in [0, 0.1) is 0 Å². The smallest absolute Gasteiger partial charge is 0.119 e. The quantitative estimate of drug-likeness (QED) is 0.863.